The van der Waals surface area contributed by atoms with Crippen LogP contribution in [-0.4, -0.2) is 272 Å². The lowest BCUT2D eigenvalue weighted by atomic mass is 9.97. The summed E-state index contributed by atoms with van der Waals surface area (Å²) in [6, 6.07) is -21.2. The van der Waals surface area contributed by atoms with Crippen molar-refractivity contribution in [3.63, 3.8) is 0 Å². The van der Waals surface area contributed by atoms with Crippen LogP contribution >= 0.6 is 11.8 Å². The van der Waals surface area contributed by atoms with Crippen molar-refractivity contribution in [1.82, 2.24) is 74.0 Å². The minimum absolute atomic E-state index is 0.0342. The van der Waals surface area contributed by atoms with Crippen molar-refractivity contribution in [2.75, 3.05) is 44.9 Å². The number of aliphatic hydroxyl groups excluding tert-OH is 4. The number of nitrogens with two attached hydrogens (primary N) is 2. The minimum Gasteiger partial charge on any atom is -0.481 e. The topological polar surface area (TPSA) is 640 Å². The Hall–Kier alpha value is -9.35. The number of carbonyl (C=O) groups is 18. The van der Waals surface area contributed by atoms with Gasteiger partial charge in [0.15, 0.2) is 0 Å². The number of nitrogens with zero attached hydrogens (tertiary/aromatic N) is 1. The molecule has 0 bridgehead atoms. The molecule has 23 N–H and O–H groups in total. The van der Waals surface area contributed by atoms with Gasteiger partial charge in [-0.3, -0.25) is 86.3 Å². The highest BCUT2D eigenvalue weighted by molar-refractivity contribution is 7.98. The maximum Gasteiger partial charge on any atom is 0.305 e. The first-order chi connectivity index (χ1) is 47.2. The average molecular weight is 1460 g/mol. The van der Waals surface area contributed by atoms with Gasteiger partial charge in [-0.25, -0.2) is 0 Å². The van der Waals surface area contributed by atoms with E-state index in [0.717, 1.165) is 18.7 Å². The number of hydrogen-bond donors (Lipinski definition) is 21. The Kier molecular flexibility index (Phi) is 39.7. The van der Waals surface area contributed by atoms with E-state index in [1.807, 2.05) is 0 Å². The molecule has 0 aromatic carbocycles. The lowest BCUT2D eigenvalue weighted by molar-refractivity contribution is -0.144. The number of nitrogens with one attached hydrogen (secondary N) is 13. The van der Waals surface area contributed by atoms with Gasteiger partial charge in [0.1, 0.15) is 78.5 Å². The second-order valence-electron chi connectivity index (χ2n) is 24.8. The number of aliphatic hydroxyl groups is 4. The minimum atomic E-state index is -2.04. The van der Waals surface area contributed by atoms with Crippen LogP contribution in [0.5, 0.6) is 0 Å². The van der Waals surface area contributed by atoms with E-state index in [1.165, 1.54) is 39.5 Å². The fraction of sp³-hybridized carbons (Fsp3) is 0.700. The molecule has 0 aliphatic carbocycles. The van der Waals surface area contributed by atoms with Crippen LogP contribution in [0.15, 0.2) is 0 Å². The summed E-state index contributed by atoms with van der Waals surface area (Å²) < 4.78 is 0. The number of likely N-dealkylation sites (tertiary alicyclic amines) is 1. The van der Waals surface area contributed by atoms with Crippen molar-refractivity contribution in [3.05, 3.63) is 0 Å². The second kappa shape index (κ2) is 44.7. The monoisotopic (exact) mass is 1460 g/mol. The zero-order valence-electron chi connectivity index (χ0n) is 58.0. The van der Waals surface area contributed by atoms with Gasteiger partial charge in [0, 0.05) is 19.9 Å². The Morgan fingerprint density at radius 2 is 0.960 bits per heavy atom. The van der Waals surface area contributed by atoms with E-state index in [2.05, 4.69) is 69.1 Å². The first kappa shape index (κ1) is 89.7. The molecule has 40 nitrogen and oxygen atoms in total. The lowest BCUT2D eigenvalue weighted by Crippen LogP contribution is -2.62. The SMILES string of the molecule is CC[C@H](C)[C@H](NC(=O)[C@H](CO)NC(=O)CNC(=O)[C@@H](NC(=O)[C@H](CO)NC(C)=O)[C@@H](C)O)C(=O)N[C@@H](CC(=O)O)C(=O)N[C@@H](CCSC)C(=O)N[C@H](C(=O)N[C@H](CC(=O)O)C(=O)N[C@@H](CO)C(=O)N1CCC[C@H]1C(=O)N[C@@H](CCC(N)=O)C(=O)N[C@@H](CC(C)C)C(=O)N[C@@H](C)C(N)=O)C(C)C. The van der Waals surface area contributed by atoms with Gasteiger partial charge in [-0.05, 0) is 75.7 Å². The highest BCUT2D eigenvalue weighted by Gasteiger charge is 2.42. The number of carbonyl (C=O) groups excluding carboxylic acids is 16. The number of primary amides is 2. The molecule has 0 radical (unpaired) electrons. The molecule has 1 fully saturated rings. The van der Waals surface area contributed by atoms with E-state index < -0.39 is 249 Å². The van der Waals surface area contributed by atoms with Crippen molar-refractivity contribution >= 4 is 118 Å². The lowest BCUT2D eigenvalue weighted by Gasteiger charge is -2.31. The van der Waals surface area contributed by atoms with Gasteiger partial charge in [0.05, 0.1) is 45.3 Å². The summed E-state index contributed by atoms with van der Waals surface area (Å²) in [7, 11) is 0. The molecular formula is C60H100N16O24S. The molecule has 570 valence electrons. The van der Waals surface area contributed by atoms with E-state index in [1.54, 1.807) is 27.0 Å². The van der Waals surface area contributed by atoms with Crippen LogP contribution in [-0.2, 0) is 86.3 Å². The van der Waals surface area contributed by atoms with Gasteiger partial charge < -0.3 is 116 Å². The van der Waals surface area contributed by atoms with Gasteiger partial charge >= 0.3 is 11.9 Å². The number of amides is 16. The third-order valence-electron chi connectivity index (χ3n) is 15.6. The summed E-state index contributed by atoms with van der Waals surface area (Å²) in [5.41, 5.74) is 10.6. The van der Waals surface area contributed by atoms with E-state index in [9.17, 15) is 117 Å². The molecule has 0 aromatic rings. The van der Waals surface area contributed by atoms with Crippen LogP contribution in [0.25, 0.3) is 0 Å². The van der Waals surface area contributed by atoms with Gasteiger partial charge in [0.2, 0.25) is 94.5 Å². The molecular weight excluding hydrogens is 1360 g/mol. The molecule has 0 aromatic heterocycles. The van der Waals surface area contributed by atoms with Crippen LogP contribution in [0.3, 0.4) is 0 Å². The summed E-state index contributed by atoms with van der Waals surface area (Å²) in [6.07, 6.45) is -2.96. The Morgan fingerprint density at radius 1 is 0.515 bits per heavy atom. The maximum absolute atomic E-state index is 14.2. The highest BCUT2D eigenvalue weighted by Crippen LogP contribution is 2.20. The Morgan fingerprint density at radius 3 is 1.43 bits per heavy atom. The molecule has 101 heavy (non-hydrogen) atoms. The fourth-order valence-electron chi connectivity index (χ4n) is 9.77. The fourth-order valence-corrected chi connectivity index (χ4v) is 10.2. The molecule has 41 heteroatoms. The zero-order chi connectivity index (χ0) is 77.3. The molecule has 1 rings (SSSR count). The van der Waals surface area contributed by atoms with E-state index in [-0.39, 0.29) is 56.7 Å². The number of carboxylic acids is 2. The highest BCUT2D eigenvalue weighted by atomic mass is 32.2. The van der Waals surface area contributed by atoms with Crippen LogP contribution in [0.4, 0.5) is 0 Å². The molecule has 0 spiro atoms. The first-order valence-electron chi connectivity index (χ1n) is 32.4. The molecule has 0 saturated carbocycles. The standard InChI is InChI=1S/C60H100N16O24S/c1-11-28(6)46(74-55(95)38(24-78)66-42(83)22-63-57(97)47(30(8)80)75-54(94)37(23-77)65-31(9)81)59(99)71-35(20-43(84)85)52(92)67-33(16-18-101-10)50(90)73-45(27(4)5)58(98)70-36(21-44(86)87)53(93)72-39(25-79)60(100)76-17-12-13-40(76)56(96)68-32(14-15-41(61)82)49(89)69-34(19-26(2)3)51(91)64-29(7)48(62)88/h26-30,32-40,45-47,77-80H,11-25H2,1-10H3,(H2,61,82)(H2,62,88)(H,63,97)(H,64,91)(H,65,81)(H,66,83)(H,67,92)(H,68,96)(H,69,89)(H,70,98)(H,71,99)(H,72,93)(H,73,90)(H,74,95)(H,75,94)(H,84,85)(H,86,87)/t28-,29-,30+,32-,33-,34-,35-,36+,37-,38-,39-,40-,45-,46-,47-/m0/s1. The molecule has 15 atom stereocenters. The van der Waals surface area contributed by atoms with Crippen LogP contribution in [0.2, 0.25) is 0 Å². The summed E-state index contributed by atoms with van der Waals surface area (Å²) in [5, 5.41) is 89.6. The van der Waals surface area contributed by atoms with Crippen LogP contribution in [0, 0.1) is 17.8 Å². The third kappa shape index (κ3) is 31.4. The molecule has 1 aliphatic heterocycles. The Labute approximate surface area is 586 Å². The van der Waals surface area contributed by atoms with E-state index >= 15 is 0 Å². The maximum atomic E-state index is 14.2. The van der Waals surface area contributed by atoms with Crippen molar-refractivity contribution in [3.8, 4) is 0 Å². The van der Waals surface area contributed by atoms with Gasteiger partial charge in [-0.1, -0.05) is 48.0 Å². The first-order valence-corrected chi connectivity index (χ1v) is 33.8. The Bertz CT molecular complexity index is 2960. The summed E-state index contributed by atoms with van der Waals surface area (Å²) in [6.45, 7) is 8.62. The number of carboxylic acid groups (broad SMARTS) is 2. The molecule has 0 unspecified atom stereocenters. The van der Waals surface area contributed by atoms with Crippen molar-refractivity contribution < 1.29 is 117 Å². The van der Waals surface area contributed by atoms with Gasteiger partial charge in [-0.15, -0.1) is 0 Å². The van der Waals surface area contributed by atoms with Crippen molar-refractivity contribution in [1.29, 1.82) is 0 Å². The Balaban J connectivity index is 3.40. The largest absolute Gasteiger partial charge is 0.481 e. The predicted molar refractivity (Wildman–Crippen MR) is 354 cm³/mol. The summed E-state index contributed by atoms with van der Waals surface area (Å²) in [4.78, 5) is 237. The van der Waals surface area contributed by atoms with E-state index in [0.29, 0.717) is 0 Å². The number of rotatable bonds is 46. The van der Waals surface area contributed by atoms with E-state index in [4.69, 9.17) is 11.5 Å². The van der Waals surface area contributed by atoms with Gasteiger partial charge in [-0.2, -0.15) is 11.8 Å². The van der Waals surface area contributed by atoms with Crippen LogP contribution < -0.4 is 80.6 Å². The second-order valence-corrected chi connectivity index (χ2v) is 25.8. The number of hydrogen-bond acceptors (Lipinski definition) is 23. The smallest absolute Gasteiger partial charge is 0.305 e. The number of thioether (sulfide) groups is 1. The molecule has 16 amide bonds. The quantitative estimate of drug-likeness (QED) is 0.0269. The average Bonchev–Trinajstić information content (AvgIpc) is 1.72. The summed E-state index contributed by atoms with van der Waals surface area (Å²) in [5.74, 6) is -21.9. The molecule has 1 heterocycles. The molecule has 1 saturated heterocycles. The third-order valence-corrected chi connectivity index (χ3v) is 16.2. The zero-order valence-corrected chi connectivity index (χ0v) is 58.8. The summed E-state index contributed by atoms with van der Waals surface area (Å²) >= 11 is 1.18. The van der Waals surface area contributed by atoms with Gasteiger partial charge in [0.25, 0.3) is 0 Å². The molecule has 1 aliphatic rings. The van der Waals surface area contributed by atoms with Crippen molar-refractivity contribution in [2.45, 2.75) is 205 Å². The number of aliphatic carboxylic acids is 2. The van der Waals surface area contributed by atoms with Crippen molar-refractivity contribution in [2.24, 2.45) is 29.2 Å². The predicted octanol–water partition coefficient (Wildman–Crippen LogP) is -9.49. The van der Waals surface area contributed by atoms with Crippen LogP contribution in [0.1, 0.15) is 120 Å². The normalized spacial score (nSPS) is 16.8.